The van der Waals surface area contributed by atoms with Crippen molar-refractivity contribution in [2.24, 2.45) is 0 Å². The highest BCUT2D eigenvalue weighted by Gasteiger charge is 2.34. The zero-order chi connectivity index (χ0) is 17.4. The van der Waals surface area contributed by atoms with E-state index in [2.05, 4.69) is 15.1 Å². The molecule has 0 unspecified atom stereocenters. The van der Waals surface area contributed by atoms with E-state index in [1.54, 1.807) is 6.07 Å². The smallest absolute Gasteiger partial charge is 0.252 e. The Morgan fingerprint density at radius 1 is 1.20 bits per heavy atom. The number of aryl methyl sites for hydroxylation is 1. The molecule has 128 valence electrons. The maximum absolute atomic E-state index is 14.0. The zero-order valence-corrected chi connectivity index (χ0v) is 13.5. The number of ether oxygens (including phenoxy) is 1. The second-order valence-electron chi connectivity index (χ2n) is 6.22. The first kappa shape index (κ1) is 15.6. The molecule has 0 saturated heterocycles. The van der Waals surface area contributed by atoms with Crippen LogP contribution in [-0.4, -0.2) is 26.3 Å². The summed E-state index contributed by atoms with van der Waals surface area (Å²) in [7, 11) is 0. The molecule has 7 heteroatoms. The molecular weight excluding hydrogens is 325 g/mol. The van der Waals surface area contributed by atoms with Crippen molar-refractivity contribution < 1.29 is 18.8 Å². The van der Waals surface area contributed by atoms with Crippen molar-refractivity contribution in [1.29, 1.82) is 0 Å². The Morgan fingerprint density at radius 3 is 2.68 bits per heavy atom. The monoisotopic (exact) mass is 341 g/mol. The minimum atomic E-state index is -0.207. The second kappa shape index (κ2) is 6.16. The standard InChI is InChI=1S/C18H16FN3O3/c1-10-2-3-13(14(19)4-10)11-5-12(6-11)24-18-9-20-15(8-21-18)16-7-17(23)22-25-16/h2-4,7-9,11-12H,5-6H2,1H3,(H,22,23)/t11-,12+. The van der Waals surface area contributed by atoms with Crippen molar-refractivity contribution in [1.82, 2.24) is 15.1 Å². The van der Waals surface area contributed by atoms with Gasteiger partial charge in [0.05, 0.1) is 18.5 Å². The molecule has 25 heavy (non-hydrogen) atoms. The van der Waals surface area contributed by atoms with Crippen molar-refractivity contribution in [2.45, 2.75) is 31.8 Å². The summed E-state index contributed by atoms with van der Waals surface area (Å²) in [5.74, 6) is 0.550. The van der Waals surface area contributed by atoms with E-state index < -0.39 is 0 Å². The van der Waals surface area contributed by atoms with E-state index in [-0.39, 0.29) is 23.7 Å². The summed E-state index contributed by atoms with van der Waals surface area (Å²) in [5.41, 5.74) is 2.12. The summed E-state index contributed by atoms with van der Waals surface area (Å²) in [4.78, 5) is 8.37. The first-order chi connectivity index (χ1) is 12.1. The average Bonchev–Trinajstić information content (AvgIpc) is 2.99. The molecule has 6 nitrogen and oxygen atoms in total. The molecule has 0 amide bonds. The lowest BCUT2D eigenvalue weighted by Gasteiger charge is -2.35. The quantitative estimate of drug-likeness (QED) is 0.781. The molecule has 2 aromatic heterocycles. The molecule has 0 bridgehead atoms. The van der Waals surface area contributed by atoms with Gasteiger partial charge in [0.1, 0.15) is 17.6 Å². The Morgan fingerprint density at radius 2 is 2.04 bits per heavy atom. The summed E-state index contributed by atoms with van der Waals surface area (Å²) >= 11 is 0. The van der Waals surface area contributed by atoms with Gasteiger partial charge < -0.3 is 14.4 Å². The SMILES string of the molecule is Cc1ccc([C@H]2C[C@@H](Oc3cnc(-c4cc(O)no4)cn3)C2)c(F)c1. The van der Waals surface area contributed by atoms with Gasteiger partial charge in [-0.2, -0.15) is 0 Å². The van der Waals surface area contributed by atoms with E-state index in [1.165, 1.54) is 18.5 Å². The van der Waals surface area contributed by atoms with Crippen molar-refractivity contribution in [3.63, 3.8) is 0 Å². The fourth-order valence-electron chi connectivity index (χ4n) is 2.94. The molecule has 4 rings (SSSR count). The Labute approximate surface area is 143 Å². The van der Waals surface area contributed by atoms with E-state index in [0.29, 0.717) is 17.3 Å². The first-order valence-electron chi connectivity index (χ1n) is 7.99. The van der Waals surface area contributed by atoms with E-state index in [0.717, 1.165) is 24.0 Å². The largest absolute Gasteiger partial charge is 0.491 e. The summed E-state index contributed by atoms with van der Waals surface area (Å²) in [6.45, 7) is 1.88. The Hall–Kier alpha value is -2.96. The first-order valence-corrected chi connectivity index (χ1v) is 7.99. The molecule has 2 heterocycles. The fourth-order valence-corrected chi connectivity index (χ4v) is 2.94. The van der Waals surface area contributed by atoms with E-state index >= 15 is 0 Å². The molecule has 0 spiro atoms. The second-order valence-corrected chi connectivity index (χ2v) is 6.22. The van der Waals surface area contributed by atoms with Gasteiger partial charge in [-0.1, -0.05) is 12.1 Å². The molecule has 1 fully saturated rings. The lowest BCUT2D eigenvalue weighted by atomic mass is 9.77. The lowest BCUT2D eigenvalue weighted by molar-refractivity contribution is 0.0918. The van der Waals surface area contributed by atoms with Gasteiger partial charge in [-0.3, -0.25) is 0 Å². The minimum absolute atomic E-state index is 0.000164. The van der Waals surface area contributed by atoms with Gasteiger partial charge in [0.15, 0.2) is 5.76 Å². The van der Waals surface area contributed by atoms with Gasteiger partial charge in [-0.15, -0.1) is 0 Å². The minimum Gasteiger partial charge on any atom is -0.491 e. The summed E-state index contributed by atoms with van der Waals surface area (Å²) < 4.78 is 24.7. The third-order valence-electron chi connectivity index (χ3n) is 4.36. The third kappa shape index (κ3) is 3.17. The van der Waals surface area contributed by atoms with Crippen molar-refractivity contribution in [2.75, 3.05) is 0 Å². The van der Waals surface area contributed by atoms with Crippen molar-refractivity contribution in [3.8, 4) is 23.2 Å². The fraction of sp³-hybridized carbons (Fsp3) is 0.278. The third-order valence-corrected chi connectivity index (χ3v) is 4.36. The molecule has 0 aliphatic heterocycles. The van der Waals surface area contributed by atoms with Crippen LogP contribution < -0.4 is 4.74 Å². The van der Waals surface area contributed by atoms with Crippen LogP contribution in [0.5, 0.6) is 11.8 Å². The molecule has 1 aliphatic rings. The average molecular weight is 341 g/mol. The Bertz CT molecular complexity index is 889. The van der Waals surface area contributed by atoms with Crippen molar-refractivity contribution in [3.05, 3.63) is 53.6 Å². The summed E-state index contributed by atoms with van der Waals surface area (Å²) in [6, 6.07) is 6.71. The maximum atomic E-state index is 14.0. The zero-order valence-electron chi connectivity index (χ0n) is 13.5. The number of rotatable bonds is 4. The number of halogens is 1. The number of nitrogens with zero attached hydrogens (tertiary/aromatic N) is 3. The van der Waals surface area contributed by atoms with Crippen LogP contribution in [-0.2, 0) is 0 Å². The van der Waals surface area contributed by atoms with Crippen LogP contribution in [0, 0.1) is 12.7 Å². The van der Waals surface area contributed by atoms with Crippen LogP contribution in [0.4, 0.5) is 4.39 Å². The van der Waals surface area contributed by atoms with Crippen molar-refractivity contribution >= 4 is 0 Å². The topological polar surface area (TPSA) is 81.3 Å². The van der Waals surface area contributed by atoms with Crippen LogP contribution in [0.2, 0.25) is 0 Å². The highest BCUT2D eigenvalue weighted by molar-refractivity contribution is 5.51. The Balaban J connectivity index is 1.36. The molecule has 1 aliphatic carbocycles. The highest BCUT2D eigenvalue weighted by atomic mass is 19.1. The van der Waals surface area contributed by atoms with Crippen LogP contribution in [0.15, 0.2) is 41.2 Å². The van der Waals surface area contributed by atoms with E-state index in [9.17, 15) is 9.50 Å². The maximum Gasteiger partial charge on any atom is 0.252 e. The number of hydrogen-bond acceptors (Lipinski definition) is 6. The van der Waals surface area contributed by atoms with Crippen LogP contribution in [0.3, 0.4) is 0 Å². The van der Waals surface area contributed by atoms with Gasteiger partial charge in [0, 0.05) is 0 Å². The number of aromatic hydroxyl groups is 1. The van der Waals surface area contributed by atoms with E-state index in [4.69, 9.17) is 9.26 Å². The molecule has 1 saturated carbocycles. The molecular formula is C18H16FN3O3. The van der Waals surface area contributed by atoms with Gasteiger partial charge in [0.2, 0.25) is 5.88 Å². The predicted molar refractivity (Wildman–Crippen MR) is 86.7 cm³/mol. The van der Waals surface area contributed by atoms with Crippen LogP contribution in [0.1, 0.15) is 29.9 Å². The van der Waals surface area contributed by atoms with Gasteiger partial charge in [-0.05, 0) is 48.0 Å². The molecule has 0 atom stereocenters. The van der Waals surface area contributed by atoms with Crippen LogP contribution >= 0.6 is 0 Å². The highest BCUT2D eigenvalue weighted by Crippen LogP contribution is 2.40. The van der Waals surface area contributed by atoms with Gasteiger partial charge >= 0.3 is 0 Å². The molecule has 1 aromatic carbocycles. The predicted octanol–water partition coefficient (Wildman–Crippen LogP) is 3.61. The Kier molecular flexibility index (Phi) is 3.83. The number of benzene rings is 1. The molecule has 0 radical (unpaired) electrons. The molecule has 1 N–H and O–H groups in total. The van der Waals surface area contributed by atoms with E-state index in [1.807, 2.05) is 19.1 Å². The van der Waals surface area contributed by atoms with Crippen LogP contribution in [0.25, 0.3) is 11.5 Å². The van der Waals surface area contributed by atoms with Gasteiger partial charge in [-0.25, -0.2) is 14.4 Å². The lowest BCUT2D eigenvalue weighted by Crippen LogP contribution is -2.33. The summed E-state index contributed by atoms with van der Waals surface area (Å²) in [5, 5.41) is 12.6. The number of aromatic nitrogens is 3. The van der Waals surface area contributed by atoms with Gasteiger partial charge in [0.25, 0.3) is 5.88 Å². The summed E-state index contributed by atoms with van der Waals surface area (Å²) in [6.07, 6.45) is 4.48. The number of hydrogen-bond donors (Lipinski definition) is 1. The normalized spacial score (nSPS) is 19.4. The molecule has 3 aromatic rings.